The van der Waals surface area contributed by atoms with Crippen LogP contribution in [0.15, 0.2) is 78.4 Å². The molecule has 3 aliphatic rings. The van der Waals surface area contributed by atoms with Gasteiger partial charge in [-0.15, -0.1) is 0 Å². The second-order valence-electron chi connectivity index (χ2n) is 19.0. The van der Waals surface area contributed by atoms with Crippen molar-refractivity contribution in [1.82, 2.24) is 26.4 Å². The fourth-order valence-corrected chi connectivity index (χ4v) is 8.54. The molecule has 1 spiro atoms. The van der Waals surface area contributed by atoms with Crippen LogP contribution in [0, 0.1) is 0 Å². The number of carbonyl (C=O) groups excluding carboxylic acids is 4. The Bertz CT molecular complexity index is 2670. The summed E-state index contributed by atoms with van der Waals surface area (Å²) in [6.07, 6.45) is -1.29. The number of carbonyl (C=O) groups is 5. The molecule has 3 amide bonds. The minimum atomic E-state index is -5.08. The first-order valence-corrected chi connectivity index (χ1v) is 26.6. The number of rotatable bonds is 33. The van der Waals surface area contributed by atoms with Crippen molar-refractivity contribution >= 4 is 29.7 Å². The number of aliphatic carboxylic acids is 1. The number of alkyl halides is 3. The fourth-order valence-electron chi connectivity index (χ4n) is 8.54. The number of quaternary nitrogens is 1. The highest BCUT2D eigenvalue weighted by Crippen LogP contribution is 2.57. The maximum absolute atomic E-state index is 13.4. The highest BCUT2D eigenvalue weighted by Gasteiger charge is 2.54. The minimum Gasteiger partial charge on any atom is -0.508 e. The van der Waals surface area contributed by atoms with Crippen molar-refractivity contribution in [1.29, 1.82) is 0 Å². The summed E-state index contributed by atoms with van der Waals surface area (Å²) in [4.78, 5) is 60.6. The van der Waals surface area contributed by atoms with E-state index in [9.17, 15) is 52.8 Å². The SMILES string of the molecule is NN/C(=C\NCCOC1CC(O)CC(CO)O1)COCCOCCOCCOCC[NH2+]C(=O)C(N)CCCCNC(=O)CN(N)/C=C(\N)CNC(=O)c1ccc2c(c1)C(=O)OC21c2ccc(O)cc2Oc2cc(O)ccc21.O=C(O)C(F)(F)F. The van der Waals surface area contributed by atoms with Crippen LogP contribution in [-0.2, 0) is 53.1 Å². The van der Waals surface area contributed by atoms with Crippen molar-refractivity contribution in [3.63, 3.8) is 0 Å². The van der Waals surface area contributed by atoms with E-state index in [1.165, 1.54) is 47.9 Å². The van der Waals surface area contributed by atoms with Gasteiger partial charge in [-0.1, -0.05) is 6.07 Å². The number of primary amides is 1. The summed E-state index contributed by atoms with van der Waals surface area (Å²) in [5.74, 6) is 7.31. The van der Waals surface area contributed by atoms with Crippen molar-refractivity contribution in [2.45, 2.75) is 68.4 Å². The van der Waals surface area contributed by atoms with Crippen LogP contribution in [0.4, 0.5) is 13.2 Å². The molecule has 31 heteroatoms. The van der Waals surface area contributed by atoms with Gasteiger partial charge in [0, 0.05) is 78.4 Å². The molecule has 0 bridgehead atoms. The second-order valence-corrected chi connectivity index (χ2v) is 19.0. The van der Waals surface area contributed by atoms with Crippen molar-refractivity contribution in [2.75, 3.05) is 98.8 Å². The number of nitrogens with one attached hydrogen (secondary N) is 4. The lowest BCUT2D eigenvalue weighted by Crippen LogP contribution is -2.91. The molecule has 1 fully saturated rings. The molecule has 84 heavy (non-hydrogen) atoms. The summed E-state index contributed by atoms with van der Waals surface area (Å²) in [6, 6.07) is 12.7. The Morgan fingerprint density at radius 1 is 0.857 bits per heavy atom. The largest absolute Gasteiger partial charge is 0.508 e. The highest BCUT2D eigenvalue weighted by molar-refractivity contribution is 6.01. The van der Waals surface area contributed by atoms with E-state index in [0.29, 0.717) is 127 Å². The third-order valence-electron chi connectivity index (χ3n) is 12.6. The topological polar surface area (TPSA) is 432 Å². The number of aliphatic hydroxyl groups excluding tert-OH is 2. The van der Waals surface area contributed by atoms with Gasteiger partial charge in [0.1, 0.15) is 42.1 Å². The Hall–Kier alpha value is -7.40. The van der Waals surface area contributed by atoms with Crippen LogP contribution in [-0.4, -0.2) is 190 Å². The van der Waals surface area contributed by atoms with E-state index in [2.05, 4.69) is 21.4 Å². The average Bonchev–Trinajstić information content (AvgIpc) is 1.64. The van der Waals surface area contributed by atoms with E-state index in [4.69, 9.17) is 70.9 Å². The van der Waals surface area contributed by atoms with Crippen molar-refractivity contribution in [2.24, 2.45) is 23.2 Å². The van der Waals surface area contributed by atoms with Crippen LogP contribution in [0.2, 0.25) is 0 Å². The number of unbranched alkanes of at least 4 members (excludes halogenated alkanes) is 1. The Kier molecular flexibility index (Phi) is 27.1. The molecular formula is C53H74F3N10O18+. The molecule has 0 radical (unpaired) electrons. The zero-order chi connectivity index (χ0) is 61.2. The lowest BCUT2D eigenvalue weighted by molar-refractivity contribution is -0.572. The second kappa shape index (κ2) is 33.8. The molecule has 4 unspecified atom stereocenters. The maximum Gasteiger partial charge on any atom is 0.490 e. The van der Waals surface area contributed by atoms with Gasteiger partial charge >= 0.3 is 24.0 Å². The van der Waals surface area contributed by atoms with Gasteiger partial charge in [0.2, 0.25) is 5.91 Å². The molecule has 28 nitrogen and oxygen atoms in total. The summed E-state index contributed by atoms with van der Waals surface area (Å²) < 4.78 is 77.1. The smallest absolute Gasteiger partial charge is 0.490 e. The number of phenolic OH excluding ortho intramolecular Hbond substituents is 2. The summed E-state index contributed by atoms with van der Waals surface area (Å²) in [5.41, 5.74) is 15.7. The fraction of sp³-hybridized carbons (Fsp3) is 0.491. The van der Waals surface area contributed by atoms with Crippen LogP contribution >= 0.6 is 0 Å². The van der Waals surface area contributed by atoms with Crippen LogP contribution in [0.25, 0.3) is 0 Å². The number of carboxylic acids is 1. The first-order valence-electron chi connectivity index (χ1n) is 26.6. The molecule has 4 atom stereocenters. The first kappa shape index (κ1) is 67.4. The first-order chi connectivity index (χ1) is 40.1. The Labute approximate surface area is 480 Å². The van der Waals surface area contributed by atoms with Crippen LogP contribution in [0.3, 0.4) is 0 Å². The number of carboxylic acid groups (broad SMARTS) is 1. The number of esters is 1. The zero-order valence-electron chi connectivity index (χ0n) is 45.8. The monoisotopic (exact) mass is 1200 g/mol. The molecule has 0 aromatic heterocycles. The molecular weight excluding hydrogens is 1120 g/mol. The highest BCUT2D eigenvalue weighted by atomic mass is 19.4. The number of benzene rings is 3. The van der Waals surface area contributed by atoms with Gasteiger partial charge in [0.15, 0.2) is 11.9 Å². The predicted octanol–water partition coefficient (Wildman–Crippen LogP) is -1.46. The molecule has 3 heterocycles. The number of hydrogen-bond donors (Lipinski definition) is 14. The number of nitrogens with two attached hydrogens (primary N) is 5. The lowest BCUT2D eigenvalue weighted by Gasteiger charge is -2.36. The third kappa shape index (κ3) is 21.0. The molecule has 464 valence electrons. The number of fused-ring (bicyclic) bond motifs is 6. The van der Waals surface area contributed by atoms with Crippen molar-refractivity contribution in [3.8, 4) is 23.0 Å². The number of hydrogen-bond acceptors (Lipinski definition) is 24. The van der Waals surface area contributed by atoms with Crippen molar-refractivity contribution < 1.29 is 106 Å². The Morgan fingerprint density at radius 3 is 2.10 bits per heavy atom. The van der Waals surface area contributed by atoms with Crippen LogP contribution in [0.5, 0.6) is 23.0 Å². The summed E-state index contributed by atoms with van der Waals surface area (Å²) >= 11 is 0. The van der Waals surface area contributed by atoms with Gasteiger partial charge < -0.3 is 101 Å². The number of nitrogens with zero attached hydrogens (tertiary/aromatic N) is 1. The van der Waals surface area contributed by atoms with Gasteiger partial charge in [-0.3, -0.25) is 20.7 Å². The van der Waals surface area contributed by atoms with Gasteiger partial charge in [-0.2, -0.15) is 13.2 Å². The minimum absolute atomic E-state index is 0.0749. The molecule has 19 N–H and O–H groups in total. The number of aromatic hydroxyl groups is 2. The number of hydrazine groups is 2. The Balaban J connectivity index is 0.00000173. The van der Waals surface area contributed by atoms with Gasteiger partial charge in [-0.05, 0) is 55.7 Å². The molecule has 0 aliphatic carbocycles. The van der Waals surface area contributed by atoms with Gasteiger partial charge in [-0.25, -0.2) is 20.2 Å². The van der Waals surface area contributed by atoms with E-state index in [-0.39, 0.29) is 77.9 Å². The number of amides is 3. The summed E-state index contributed by atoms with van der Waals surface area (Å²) in [7, 11) is 0. The van der Waals surface area contributed by atoms with E-state index < -0.39 is 54.2 Å². The van der Waals surface area contributed by atoms with E-state index in [0.717, 1.165) is 5.01 Å². The maximum atomic E-state index is 13.4. The number of aliphatic hydroxyl groups is 2. The van der Waals surface area contributed by atoms with E-state index in [1.807, 2.05) is 0 Å². The average molecular weight is 1200 g/mol. The quantitative estimate of drug-likeness (QED) is 0.0143. The van der Waals surface area contributed by atoms with E-state index in [1.54, 1.807) is 24.4 Å². The summed E-state index contributed by atoms with van der Waals surface area (Å²) in [6.45, 7) is 3.75. The number of halogens is 3. The van der Waals surface area contributed by atoms with Gasteiger partial charge in [0.25, 0.3) is 5.91 Å². The number of phenols is 2. The number of ether oxygens (including phenoxy) is 8. The molecule has 3 aromatic rings. The standard InChI is InChI=1S/C51H72N10O16.C2HF3O2/c52-33(26-59-48(67)32-4-7-40-39(21-32)50(69)77-51(40)41-8-5-35(63)23-44(41)76-45-24-36(64)6-9-42(45)51)28-61(55)29-46(66)57-10-2-1-3-43(53)49(68)58-12-13-70-15-16-71-17-18-72-19-20-73-31-34(60-54)27-56-11-14-74-47-25-37(65)22-38(30-62)75-47;3-2(4,5)1(6)7/h4-9,21,23-24,27-28,37-38,43,47,56,60,62-65H,1-3,10-20,22,25-26,29-31,52-55H2,(H,57,66)(H,58,68)(H,59,67);(H,6,7)/p+1/b33-28-,34-27-;. The predicted molar refractivity (Wildman–Crippen MR) is 287 cm³/mol. The third-order valence-corrected chi connectivity index (χ3v) is 12.6. The van der Waals surface area contributed by atoms with Gasteiger partial charge in [0.05, 0.1) is 96.1 Å². The zero-order valence-corrected chi connectivity index (χ0v) is 45.8. The molecule has 6 rings (SSSR count). The molecule has 1 saturated heterocycles. The summed E-state index contributed by atoms with van der Waals surface area (Å²) in [5, 5.41) is 57.7. The molecule has 3 aromatic carbocycles. The lowest BCUT2D eigenvalue weighted by atomic mass is 9.77. The van der Waals surface area contributed by atoms with Crippen molar-refractivity contribution in [3.05, 3.63) is 106 Å². The van der Waals surface area contributed by atoms with E-state index >= 15 is 0 Å². The van der Waals surface area contributed by atoms with Crippen LogP contribution < -0.4 is 54.6 Å². The molecule has 0 saturated carbocycles. The normalized spacial score (nSPS) is 17.3. The molecule has 3 aliphatic heterocycles. The Morgan fingerprint density at radius 2 is 1.48 bits per heavy atom. The van der Waals surface area contributed by atoms with Crippen LogP contribution in [0.1, 0.15) is 69.5 Å².